The fraction of sp³-hybridized carbons (Fsp3) is 0.0222. The lowest BCUT2D eigenvalue weighted by Crippen LogP contribution is -2.32. The summed E-state index contributed by atoms with van der Waals surface area (Å²) >= 11 is 1.83. The van der Waals surface area contributed by atoms with E-state index in [4.69, 9.17) is 14.4 Å². The average Bonchev–Trinajstić information content (AvgIpc) is 3.78. The van der Waals surface area contributed by atoms with Crippen LogP contribution in [0, 0.1) is 0 Å². The van der Waals surface area contributed by atoms with E-state index in [1.54, 1.807) is 0 Å². The minimum absolute atomic E-state index is 0.437. The van der Waals surface area contributed by atoms with E-state index >= 15 is 0 Å². The van der Waals surface area contributed by atoms with Gasteiger partial charge in [0.15, 0.2) is 11.6 Å². The number of fused-ring (bicyclic) bond motifs is 9. The molecule has 0 bridgehead atoms. The Labute approximate surface area is 289 Å². The van der Waals surface area contributed by atoms with Crippen LogP contribution in [0.4, 0.5) is 0 Å². The van der Waals surface area contributed by atoms with Crippen molar-refractivity contribution in [2.24, 2.45) is 0 Å². The Morgan fingerprint density at radius 3 is 1.59 bits per heavy atom. The zero-order valence-electron chi connectivity index (χ0n) is 26.4. The SMILES string of the molecule is c1ccc(-c2cc(-c3ccccc3)nc(-c3ccc(-c4cccc5c4Sc4ccccc4C54c5ccccc5-c5ccccc54)o3)n2)cc1. The third-order valence-electron chi connectivity index (χ3n) is 9.83. The predicted molar refractivity (Wildman–Crippen MR) is 197 cm³/mol. The van der Waals surface area contributed by atoms with E-state index in [1.165, 1.54) is 43.2 Å². The van der Waals surface area contributed by atoms with Crippen LogP contribution in [0.3, 0.4) is 0 Å². The van der Waals surface area contributed by atoms with Gasteiger partial charge in [0, 0.05) is 26.5 Å². The second kappa shape index (κ2) is 11.0. The highest BCUT2D eigenvalue weighted by Gasteiger charge is 2.50. The van der Waals surface area contributed by atoms with E-state index < -0.39 is 5.41 Å². The maximum absolute atomic E-state index is 6.74. The number of furan rings is 1. The normalized spacial score (nSPS) is 13.4. The van der Waals surface area contributed by atoms with Crippen LogP contribution in [0.2, 0.25) is 0 Å². The Morgan fingerprint density at radius 1 is 0.429 bits per heavy atom. The smallest absolute Gasteiger partial charge is 0.196 e. The first kappa shape index (κ1) is 28.1. The molecule has 0 saturated heterocycles. The summed E-state index contributed by atoms with van der Waals surface area (Å²) in [5, 5.41) is 0. The molecule has 10 rings (SSSR count). The predicted octanol–water partition coefficient (Wildman–Crippen LogP) is 11.6. The molecule has 3 heterocycles. The molecule has 8 aromatic rings. The number of nitrogens with zero attached hydrogens (tertiary/aromatic N) is 2. The van der Waals surface area contributed by atoms with Gasteiger partial charge in [-0.25, -0.2) is 9.97 Å². The minimum atomic E-state index is -0.437. The van der Waals surface area contributed by atoms with Gasteiger partial charge in [-0.2, -0.15) is 0 Å². The van der Waals surface area contributed by atoms with Gasteiger partial charge in [-0.05, 0) is 57.6 Å². The number of benzene rings is 6. The molecule has 1 aliphatic carbocycles. The summed E-state index contributed by atoms with van der Waals surface area (Å²) in [7, 11) is 0. The molecule has 1 aliphatic heterocycles. The Kier molecular flexibility index (Phi) is 6.33. The molecule has 0 atom stereocenters. The van der Waals surface area contributed by atoms with Crippen molar-refractivity contribution >= 4 is 11.8 Å². The van der Waals surface area contributed by atoms with Gasteiger partial charge < -0.3 is 4.42 Å². The highest BCUT2D eigenvalue weighted by atomic mass is 32.2. The fourth-order valence-corrected chi connectivity index (χ4v) is 9.05. The van der Waals surface area contributed by atoms with Gasteiger partial charge in [-0.3, -0.25) is 0 Å². The monoisotopic (exact) mass is 644 g/mol. The summed E-state index contributed by atoms with van der Waals surface area (Å²) in [4.78, 5) is 12.5. The zero-order chi connectivity index (χ0) is 32.4. The number of hydrogen-bond donors (Lipinski definition) is 0. The molecular weight excluding hydrogens is 617 g/mol. The van der Waals surface area contributed by atoms with Crippen molar-refractivity contribution in [1.82, 2.24) is 9.97 Å². The molecule has 230 valence electrons. The third-order valence-corrected chi connectivity index (χ3v) is 11.1. The molecule has 0 fully saturated rings. The van der Waals surface area contributed by atoms with Gasteiger partial charge in [0.1, 0.15) is 5.76 Å². The topological polar surface area (TPSA) is 38.9 Å². The first-order valence-electron chi connectivity index (χ1n) is 16.5. The van der Waals surface area contributed by atoms with Gasteiger partial charge >= 0.3 is 0 Å². The average molecular weight is 645 g/mol. The first-order valence-corrected chi connectivity index (χ1v) is 17.3. The van der Waals surface area contributed by atoms with Crippen molar-refractivity contribution < 1.29 is 4.42 Å². The second-order valence-electron chi connectivity index (χ2n) is 12.5. The molecule has 0 amide bonds. The van der Waals surface area contributed by atoms with E-state index in [2.05, 4.69) is 127 Å². The first-order chi connectivity index (χ1) is 24.3. The lowest BCUT2D eigenvalue weighted by Gasteiger charge is -2.40. The minimum Gasteiger partial charge on any atom is -0.453 e. The van der Waals surface area contributed by atoms with E-state index in [9.17, 15) is 0 Å². The molecular formula is C45H28N2OS. The largest absolute Gasteiger partial charge is 0.453 e. The Hall–Kier alpha value is -5.97. The lowest BCUT2D eigenvalue weighted by molar-refractivity contribution is 0.590. The molecule has 0 N–H and O–H groups in total. The van der Waals surface area contributed by atoms with E-state index in [-0.39, 0.29) is 0 Å². The van der Waals surface area contributed by atoms with Crippen LogP contribution >= 0.6 is 11.8 Å². The van der Waals surface area contributed by atoms with Crippen LogP contribution in [0.25, 0.3) is 56.6 Å². The van der Waals surface area contributed by atoms with Gasteiger partial charge in [0.2, 0.25) is 0 Å². The Bertz CT molecular complexity index is 2430. The maximum atomic E-state index is 6.74. The summed E-state index contributed by atoms with van der Waals surface area (Å²) in [6, 6.07) is 60.0. The van der Waals surface area contributed by atoms with Crippen LogP contribution in [-0.2, 0) is 5.41 Å². The zero-order valence-corrected chi connectivity index (χ0v) is 27.2. The van der Waals surface area contributed by atoms with Gasteiger partial charge in [-0.1, -0.05) is 157 Å². The summed E-state index contributed by atoms with van der Waals surface area (Å²) in [6.45, 7) is 0. The van der Waals surface area contributed by atoms with Crippen LogP contribution in [0.5, 0.6) is 0 Å². The number of rotatable bonds is 4. The summed E-state index contributed by atoms with van der Waals surface area (Å²) in [5.74, 6) is 1.99. The molecule has 6 aromatic carbocycles. The molecule has 0 unspecified atom stereocenters. The highest BCUT2D eigenvalue weighted by molar-refractivity contribution is 7.99. The Balaban J connectivity index is 1.16. The van der Waals surface area contributed by atoms with E-state index in [0.29, 0.717) is 11.6 Å². The van der Waals surface area contributed by atoms with Gasteiger partial charge in [0.05, 0.1) is 16.8 Å². The van der Waals surface area contributed by atoms with Crippen molar-refractivity contribution in [1.29, 1.82) is 0 Å². The van der Waals surface area contributed by atoms with Crippen molar-refractivity contribution in [2.75, 3.05) is 0 Å². The summed E-state index contributed by atoms with van der Waals surface area (Å²) in [6.07, 6.45) is 0. The number of hydrogen-bond acceptors (Lipinski definition) is 4. The second-order valence-corrected chi connectivity index (χ2v) is 13.5. The van der Waals surface area contributed by atoms with E-state index in [0.717, 1.165) is 33.8 Å². The quantitative estimate of drug-likeness (QED) is 0.191. The van der Waals surface area contributed by atoms with Crippen LogP contribution < -0.4 is 0 Å². The molecule has 0 saturated carbocycles. The molecule has 4 heteroatoms. The maximum Gasteiger partial charge on any atom is 0.196 e. The molecule has 2 aromatic heterocycles. The molecule has 49 heavy (non-hydrogen) atoms. The highest BCUT2D eigenvalue weighted by Crippen LogP contribution is 2.63. The summed E-state index contributed by atoms with van der Waals surface area (Å²) in [5.41, 5.74) is 12.2. The molecule has 1 spiro atoms. The van der Waals surface area contributed by atoms with Crippen molar-refractivity contribution in [3.63, 3.8) is 0 Å². The standard InChI is InChI=1S/C45H28N2OS/c1-3-14-29(15-4-1)38-28-39(30-16-5-2-6-17-30)47-44(46-38)41-27-26-40(48-41)33-20-13-24-37-43(33)49-42-25-12-11-23-36(42)45(37)34-21-9-7-18-31(34)32-19-8-10-22-35(32)45/h1-28H. The van der Waals surface area contributed by atoms with Gasteiger partial charge in [-0.15, -0.1) is 0 Å². The van der Waals surface area contributed by atoms with Gasteiger partial charge in [0.25, 0.3) is 0 Å². The molecule has 2 aliphatic rings. The van der Waals surface area contributed by atoms with Crippen LogP contribution in [0.1, 0.15) is 22.3 Å². The van der Waals surface area contributed by atoms with E-state index in [1.807, 2.05) is 54.2 Å². The lowest BCUT2D eigenvalue weighted by atomic mass is 9.67. The third kappa shape index (κ3) is 4.24. The van der Waals surface area contributed by atoms with Crippen molar-refractivity contribution in [2.45, 2.75) is 15.2 Å². The fourth-order valence-electron chi connectivity index (χ4n) is 7.75. The summed E-state index contributed by atoms with van der Waals surface area (Å²) < 4.78 is 6.74. The van der Waals surface area contributed by atoms with Crippen molar-refractivity contribution in [3.05, 3.63) is 192 Å². The Morgan fingerprint density at radius 2 is 0.939 bits per heavy atom. The number of aromatic nitrogens is 2. The molecule has 3 nitrogen and oxygen atoms in total. The van der Waals surface area contributed by atoms with Crippen molar-refractivity contribution in [3.8, 4) is 56.6 Å². The molecule has 0 radical (unpaired) electrons. The van der Waals surface area contributed by atoms with Crippen LogP contribution in [-0.4, -0.2) is 9.97 Å². The van der Waals surface area contributed by atoms with Crippen LogP contribution in [0.15, 0.2) is 184 Å².